The SMILES string of the molecule is O=Cc1ccc(SCl)cc1Br. The zero-order valence-electron chi connectivity index (χ0n) is 5.38. The van der Waals surface area contributed by atoms with Crippen LogP contribution in [-0.4, -0.2) is 6.29 Å². The molecule has 1 aromatic rings. The Hall–Kier alpha value is 0.01000. The first-order chi connectivity index (χ1) is 5.27. The average molecular weight is 252 g/mol. The fraction of sp³-hybridized carbons (Fsp3) is 0. The van der Waals surface area contributed by atoms with E-state index in [9.17, 15) is 4.79 Å². The number of aldehydes is 1. The Balaban J connectivity index is 3.09. The average Bonchev–Trinajstić information content (AvgIpc) is 2.04. The van der Waals surface area contributed by atoms with E-state index in [0.29, 0.717) is 5.56 Å². The van der Waals surface area contributed by atoms with Gasteiger partial charge in [-0.3, -0.25) is 4.79 Å². The lowest BCUT2D eigenvalue weighted by molar-refractivity contribution is 0.112. The smallest absolute Gasteiger partial charge is 0.151 e. The summed E-state index contributed by atoms with van der Waals surface area (Å²) in [5, 5.41) is 0. The first-order valence-corrected chi connectivity index (χ1v) is 5.25. The topological polar surface area (TPSA) is 17.1 Å². The van der Waals surface area contributed by atoms with Gasteiger partial charge in [-0.05, 0) is 39.9 Å². The predicted octanol–water partition coefficient (Wildman–Crippen LogP) is 3.51. The van der Waals surface area contributed by atoms with Crippen molar-refractivity contribution in [3.05, 3.63) is 28.2 Å². The van der Waals surface area contributed by atoms with Gasteiger partial charge in [-0.1, -0.05) is 15.9 Å². The van der Waals surface area contributed by atoms with Crippen LogP contribution in [-0.2, 0) is 0 Å². The summed E-state index contributed by atoms with van der Waals surface area (Å²) in [5.41, 5.74) is 0.638. The summed E-state index contributed by atoms with van der Waals surface area (Å²) >= 11 is 3.24. The van der Waals surface area contributed by atoms with E-state index in [1.54, 1.807) is 18.2 Å². The molecule has 0 amide bonds. The third-order valence-corrected chi connectivity index (χ3v) is 2.84. The van der Waals surface area contributed by atoms with Gasteiger partial charge in [-0.25, -0.2) is 0 Å². The van der Waals surface area contributed by atoms with Crippen LogP contribution in [0.25, 0.3) is 0 Å². The number of benzene rings is 1. The Morgan fingerprint density at radius 3 is 2.73 bits per heavy atom. The minimum Gasteiger partial charge on any atom is -0.298 e. The Morgan fingerprint density at radius 2 is 2.27 bits per heavy atom. The van der Waals surface area contributed by atoms with Crippen molar-refractivity contribution in [2.75, 3.05) is 0 Å². The molecule has 0 N–H and O–H groups in total. The number of carbonyl (C=O) groups excluding carboxylic acids is 1. The molecular formula is C7H4BrClOS. The molecule has 0 atom stereocenters. The van der Waals surface area contributed by atoms with Crippen LogP contribution in [0.5, 0.6) is 0 Å². The molecule has 0 saturated carbocycles. The third-order valence-electron chi connectivity index (χ3n) is 1.19. The van der Waals surface area contributed by atoms with Crippen molar-refractivity contribution in [1.82, 2.24) is 0 Å². The fourth-order valence-corrected chi connectivity index (χ4v) is 1.85. The van der Waals surface area contributed by atoms with E-state index in [4.69, 9.17) is 10.7 Å². The summed E-state index contributed by atoms with van der Waals surface area (Å²) in [5.74, 6) is 0. The first-order valence-electron chi connectivity index (χ1n) is 2.81. The molecule has 0 bridgehead atoms. The van der Waals surface area contributed by atoms with E-state index in [2.05, 4.69) is 15.9 Å². The van der Waals surface area contributed by atoms with Crippen molar-refractivity contribution in [3.8, 4) is 0 Å². The van der Waals surface area contributed by atoms with E-state index < -0.39 is 0 Å². The monoisotopic (exact) mass is 250 g/mol. The molecule has 0 aliphatic heterocycles. The first kappa shape index (κ1) is 9.10. The number of carbonyl (C=O) groups is 1. The lowest BCUT2D eigenvalue weighted by atomic mass is 10.2. The van der Waals surface area contributed by atoms with Crippen molar-refractivity contribution < 1.29 is 4.79 Å². The maximum atomic E-state index is 10.4. The Bertz CT molecular complexity index is 277. The van der Waals surface area contributed by atoms with Gasteiger partial charge >= 0.3 is 0 Å². The van der Waals surface area contributed by atoms with E-state index >= 15 is 0 Å². The van der Waals surface area contributed by atoms with Crippen LogP contribution in [0.1, 0.15) is 10.4 Å². The molecule has 0 fully saturated rings. The molecule has 0 aromatic heterocycles. The van der Waals surface area contributed by atoms with Crippen LogP contribution >= 0.6 is 37.6 Å². The maximum Gasteiger partial charge on any atom is 0.151 e. The van der Waals surface area contributed by atoms with Crippen molar-refractivity contribution >= 4 is 43.9 Å². The Kier molecular flexibility index (Phi) is 3.43. The number of hydrogen-bond acceptors (Lipinski definition) is 2. The number of rotatable bonds is 2. The highest BCUT2D eigenvalue weighted by molar-refractivity contribution is 9.10. The second-order valence-electron chi connectivity index (χ2n) is 1.88. The number of hydrogen-bond donors (Lipinski definition) is 0. The van der Waals surface area contributed by atoms with E-state index in [1.807, 2.05) is 0 Å². The second kappa shape index (κ2) is 4.14. The van der Waals surface area contributed by atoms with Crippen LogP contribution in [0.4, 0.5) is 0 Å². The van der Waals surface area contributed by atoms with Crippen molar-refractivity contribution in [3.63, 3.8) is 0 Å². The molecule has 0 saturated heterocycles. The zero-order chi connectivity index (χ0) is 8.27. The van der Waals surface area contributed by atoms with Gasteiger partial charge in [0.05, 0.1) is 0 Å². The maximum absolute atomic E-state index is 10.4. The molecule has 0 heterocycles. The van der Waals surface area contributed by atoms with Gasteiger partial charge in [0.2, 0.25) is 0 Å². The second-order valence-corrected chi connectivity index (χ2v) is 3.82. The molecule has 1 nitrogen and oxygen atoms in total. The molecule has 0 radical (unpaired) electrons. The van der Waals surface area contributed by atoms with Crippen LogP contribution in [0, 0.1) is 0 Å². The van der Waals surface area contributed by atoms with Gasteiger partial charge in [0.15, 0.2) is 6.29 Å². The molecule has 4 heteroatoms. The minimum absolute atomic E-state index is 0.638. The normalized spacial score (nSPS) is 9.64. The van der Waals surface area contributed by atoms with Gasteiger partial charge in [0.25, 0.3) is 0 Å². The van der Waals surface area contributed by atoms with Gasteiger partial charge < -0.3 is 0 Å². The van der Waals surface area contributed by atoms with Crippen LogP contribution < -0.4 is 0 Å². The van der Waals surface area contributed by atoms with E-state index in [1.165, 1.54) is 0 Å². The van der Waals surface area contributed by atoms with Gasteiger partial charge in [0, 0.05) is 14.9 Å². The molecule has 58 valence electrons. The molecule has 0 unspecified atom stereocenters. The molecular weight excluding hydrogens is 247 g/mol. The molecule has 0 spiro atoms. The molecule has 11 heavy (non-hydrogen) atoms. The van der Waals surface area contributed by atoms with E-state index in [-0.39, 0.29) is 0 Å². The van der Waals surface area contributed by atoms with Crippen LogP contribution in [0.2, 0.25) is 0 Å². The lowest BCUT2D eigenvalue weighted by Gasteiger charge is -1.97. The highest BCUT2D eigenvalue weighted by Gasteiger charge is 1.98. The van der Waals surface area contributed by atoms with Crippen LogP contribution in [0.15, 0.2) is 27.6 Å². The Labute approximate surface area is 81.8 Å². The largest absolute Gasteiger partial charge is 0.298 e. The summed E-state index contributed by atoms with van der Waals surface area (Å²) in [7, 11) is 6.63. The highest BCUT2D eigenvalue weighted by Crippen LogP contribution is 2.26. The van der Waals surface area contributed by atoms with E-state index in [0.717, 1.165) is 26.6 Å². The number of halogens is 2. The van der Waals surface area contributed by atoms with Crippen molar-refractivity contribution in [1.29, 1.82) is 0 Å². The van der Waals surface area contributed by atoms with Gasteiger partial charge in [-0.15, -0.1) is 0 Å². The molecule has 1 rings (SSSR count). The summed E-state index contributed by atoms with van der Waals surface area (Å²) in [6, 6.07) is 5.33. The van der Waals surface area contributed by atoms with Crippen molar-refractivity contribution in [2.24, 2.45) is 0 Å². The zero-order valence-corrected chi connectivity index (χ0v) is 8.54. The fourth-order valence-electron chi connectivity index (χ4n) is 0.651. The lowest BCUT2D eigenvalue weighted by Crippen LogP contribution is -1.80. The molecule has 0 aliphatic carbocycles. The third kappa shape index (κ3) is 2.22. The van der Waals surface area contributed by atoms with Gasteiger partial charge in [0.1, 0.15) is 0 Å². The predicted molar refractivity (Wildman–Crippen MR) is 51.2 cm³/mol. The summed E-state index contributed by atoms with van der Waals surface area (Å²) in [6.07, 6.45) is 0.798. The van der Waals surface area contributed by atoms with Crippen molar-refractivity contribution in [2.45, 2.75) is 4.90 Å². The van der Waals surface area contributed by atoms with Crippen LogP contribution in [0.3, 0.4) is 0 Å². The molecule has 0 aliphatic rings. The summed E-state index contributed by atoms with van der Waals surface area (Å²) < 4.78 is 0.776. The highest BCUT2D eigenvalue weighted by atomic mass is 79.9. The summed E-state index contributed by atoms with van der Waals surface area (Å²) in [4.78, 5) is 11.3. The standard InChI is InChI=1S/C7H4BrClOS/c8-7-3-6(11-9)2-1-5(7)4-10/h1-4H. The minimum atomic E-state index is 0.638. The molecule has 1 aromatic carbocycles. The quantitative estimate of drug-likeness (QED) is 0.748. The Morgan fingerprint density at radius 1 is 1.55 bits per heavy atom. The summed E-state index contributed by atoms with van der Waals surface area (Å²) in [6.45, 7) is 0. The van der Waals surface area contributed by atoms with Gasteiger partial charge in [-0.2, -0.15) is 0 Å².